The smallest absolute Gasteiger partial charge is 0.295 e. The maximum Gasteiger partial charge on any atom is 0.295 e. The van der Waals surface area contributed by atoms with E-state index < -0.39 is 10.7 Å². The van der Waals surface area contributed by atoms with Gasteiger partial charge in [-0.15, -0.1) is 0 Å². The van der Waals surface area contributed by atoms with Gasteiger partial charge in [-0.1, -0.05) is 6.92 Å². The molecule has 0 saturated heterocycles. The highest BCUT2D eigenvalue weighted by atomic mass is 79.9. The van der Waals surface area contributed by atoms with Gasteiger partial charge in [0.2, 0.25) is 5.91 Å². The van der Waals surface area contributed by atoms with E-state index in [2.05, 4.69) is 26.6 Å². The fourth-order valence-corrected chi connectivity index (χ4v) is 1.93. The second-order valence-corrected chi connectivity index (χ2v) is 5.45. The van der Waals surface area contributed by atoms with Gasteiger partial charge in [0.15, 0.2) is 0 Å². The topological polar surface area (TPSA) is 84.3 Å². The van der Waals surface area contributed by atoms with Gasteiger partial charge in [-0.25, -0.2) is 4.39 Å². The van der Waals surface area contributed by atoms with Gasteiger partial charge < -0.3 is 10.6 Å². The van der Waals surface area contributed by atoms with Crippen molar-refractivity contribution in [2.24, 2.45) is 0 Å². The molecule has 0 bridgehead atoms. The highest BCUT2D eigenvalue weighted by Gasteiger charge is 2.17. The first-order valence-electron chi connectivity index (χ1n) is 6.51. The lowest BCUT2D eigenvalue weighted by atomic mass is 10.2. The Morgan fingerprint density at radius 3 is 2.76 bits per heavy atom. The molecule has 1 atom stereocenters. The second-order valence-electron chi connectivity index (χ2n) is 4.59. The first-order chi connectivity index (χ1) is 9.85. The zero-order valence-electron chi connectivity index (χ0n) is 11.8. The molecule has 6 nitrogen and oxygen atoms in total. The van der Waals surface area contributed by atoms with Crippen LogP contribution in [0.2, 0.25) is 0 Å². The summed E-state index contributed by atoms with van der Waals surface area (Å²) in [7, 11) is 0. The van der Waals surface area contributed by atoms with Crippen LogP contribution in [-0.2, 0) is 4.79 Å². The average Bonchev–Trinajstić information content (AvgIpc) is 2.41. The van der Waals surface area contributed by atoms with Crippen LogP contribution in [0.1, 0.15) is 26.7 Å². The van der Waals surface area contributed by atoms with Crippen molar-refractivity contribution in [2.75, 3.05) is 11.9 Å². The number of rotatable bonds is 7. The Morgan fingerprint density at radius 2 is 2.19 bits per heavy atom. The zero-order chi connectivity index (χ0) is 16.0. The van der Waals surface area contributed by atoms with Crippen LogP contribution in [0.4, 0.5) is 15.8 Å². The quantitative estimate of drug-likeness (QED) is 0.576. The summed E-state index contributed by atoms with van der Waals surface area (Å²) in [5.41, 5.74) is -0.192. The SMILES string of the molecule is CCC(C)NC(=O)CCNc1cc(Br)c(F)cc1[N+](=O)[O-]. The summed E-state index contributed by atoms with van der Waals surface area (Å²) in [5, 5.41) is 16.4. The van der Waals surface area contributed by atoms with Crippen LogP contribution in [0, 0.1) is 15.9 Å². The molecule has 0 aliphatic carbocycles. The number of carbonyl (C=O) groups is 1. The van der Waals surface area contributed by atoms with E-state index in [-0.39, 0.29) is 40.8 Å². The highest BCUT2D eigenvalue weighted by molar-refractivity contribution is 9.10. The van der Waals surface area contributed by atoms with Crippen LogP contribution in [0.25, 0.3) is 0 Å². The van der Waals surface area contributed by atoms with E-state index in [4.69, 9.17) is 0 Å². The number of nitrogens with one attached hydrogen (secondary N) is 2. The molecule has 0 saturated carbocycles. The highest BCUT2D eigenvalue weighted by Crippen LogP contribution is 2.30. The number of nitro benzene ring substituents is 1. The summed E-state index contributed by atoms with van der Waals surface area (Å²) in [6, 6.07) is 2.22. The molecule has 1 amide bonds. The number of nitrogens with zero attached hydrogens (tertiary/aromatic N) is 1. The van der Waals surface area contributed by atoms with Gasteiger partial charge in [-0.3, -0.25) is 14.9 Å². The van der Waals surface area contributed by atoms with E-state index in [0.29, 0.717) is 0 Å². The maximum atomic E-state index is 13.3. The van der Waals surface area contributed by atoms with E-state index in [9.17, 15) is 19.3 Å². The lowest BCUT2D eigenvalue weighted by Gasteiger charge is -2.12. The summed E-state index contributed by atoms with van der Waals surface area (Å²) in [6.07, 6.45) is 1.01. The van der Waals surface area contributed by atoms with Crippen molar-refractivity contribution in [1.82, 2.24) is 5.32 Å². The molecular weight excluding hydrogens is 345 g/mol. The monoisotopic (exact) mass is 361 g/mol. The molecule has 116 valence electrons. The predicted octanol–water partition coefficient (Wildman–Crippen LogP) is 3.21. The number of halogens is 2. The molecule has 2 N–H and O–H groups in total. The number of benzene rings is 1. The Kier molecular flexibility index (Phi) is 6.54. The number of hydrogen-bond acceptors (Lipinski definition) is 4. The molecule has 0 spiro atoms. The summed E-state index contributed by atoms with van der Waals surface area (Å²) < 4.78 is 13.4. The van der Waals surface area contributed by atoms with Gasteiger partial charge in [-0.05, 0) is 35.3 Å². The van der Waals surface area contributed by atoms with Crippen molar-refractivity contribution in [3.8, 4) is 0 Å². The molecule has 1 aromatic rings. The van der Waals surface area contributed by atoms with E-state index in [0.717, 1.165) is 12.5 Å². The van der Waals surface area contributed by atoms with Crippen LogP contribution in [-0.4, -0.2) is 23.4 Å². The molecule has 1 rings (SSSR count). The minimum Gasteiger partial charge on any atom is -0.379 e. The fourth-order valence-electron chi connectivity index (χ4n) is 1.59. The second kappa shape index (κ2) is 7.92. The first kappa shape index (κ1) is 17.4. The van der Waals surface area contributed by atoms with Crippen LogP contribution < -0.4 is 10.6 Å². The molecule has 0 heterocycles. The van der Waals surface area contributed by atoms with E-state index in [1.807, 2.05) is 13.8 Å². The van der Waals surface area contributed by atoms with Gasteiger partial charge in [0, 0.05) is 19.0 Å². The maximum absolute atomic E-state index is 13.3. The molecule has 0 radical (unpaired) electrons. The molecule has 0 aliphatic heterocycles. The summed E-state index contributed by atoms with van der Waals surface area (Å²) in [6.45, 7) is 4.08. The third-order valence-electron chi connectivity index (χ3n) is 2.92. The van der Waals surface area contributed by atoms with Crippen LogP contribution in [0.15, 0.2) is 16.6 Å². The normalized spacial score (nSPS) is 11.8. The molecule has 21 heavy (non-hydrogen) atoms. The summed E-state index contributed by atoms with van der Waals surface area (Å²) in [4.78, 5) is 21.8. The molecule has 0 aromatic heterocycles. The van der Waals surface area contributed by atoms with Gasteiger partial charge in [-0.2, -0.15) is 0 Å². The van der Waals surface area contributed by atoms with Crippen molar-refractivity contribution in [3.63, 3.8) is 0 Å². The van der Waals surface area contributed by atoms with Gasteiger partial charge in [0.25, 0.3) is 5.69 Å². The van der Waals surface area contributed by atoms with Crippen LogP contribution in [0.3, 0.4) is 0 Å². The summed E-state index contributed by atoms with van der Waals surface area (Å²) in [5.74, 6) is -0.845. The van der Waals surface area contributed by atoms with Gasteiger partial charge >= 0.3 is 0 Å². The Bertz CT molecular complexity index is 540. The van der Waals surface area contributed by atoms with Gasteiger partial charge in [0.1, 0.15) is 11.5 Å². The molecule has 1 unspecified atom stereocenters. The number of anilines is 1. The first-order valence-corrected chi connectivity index (χ1v) is 7.31. The minimum atomic E-state index is -0.707. The Labute approximate surface area is 130 Å². The van der Waals surface area contributed by atoms with Crippen molar-refractivity contribution in [2.45, 2.75) is 32.7 Å². The average molecular weight is 362 g/mol. The van der Waals surface area contributed by atoms with Crippen LogP contribution in [0.5, 0.6) is 0 Å². The summed E-state index contributed by atoms with van der Waals surface area (Å²) >= 11 is 2.98. The molecule has 1 aromatic carbocycles. The molecular formula is C13H17BrFN3O3. The molecule has 0 aliphatic rings. The standard InChI is InChI=1S/C13H17BrFN3O3/c1-3-8(2)17-13(19)4-5-16-11-6-9(14)10(15)7-12(11)18(20)21/h6-8,16H,3-5H2,1-2H3,(H,17,19). The zero-order valence-corrected chi connectivity index (χ0v) is 13.4. The van der Waals surface area contributed by atoms with Crippen molar-refractivity contribution >= 4 is 33.2 Å². The number of nitro groups is 1. The van der Waals surface area contributed by atoms with E-state index in [1.54, 1.807) is 0 Å². The van der Waals surface area contributed by atoms with E-state index in [1.165, 1.54) is 6.07 Å². The Balaban J connectivity index is 2.65. The Morgan fingerprint density at radius 1 is 1.52 bits per heavy atom. The number of carbonyl (C=O) groups excluding carboxylic acids is 1. The van der Waals surface area contributed by atoms with Crippen molar-refractivity contribution in [1.29, 1.82) is 0 Å². The molecule has 0 fully saturated rings. The largest absolute Gasteiger partial charge is 0.379 e. The molecule has 8 heteroatoms. The minimum absolute atomic E-state index is 0.0896. The lowest BCUT2D eigenvalue weighted by Crippen LogP contribution is -2.32. The third kappa shape index (κ3) is 5.30. The van der Waals surface area contributed by atoms with Crippen molar-refractivity contribution in [3.05, 3.63) is 32.5 Å². The fraction of sp³-hybridized carbons (Fsp3) is 0.462. The van der Waals surface area contributed by atoms with Gasteiger partial charge in [0.05, 0.1) is 15.5 Å². The number of amides is 1. The third-order valence-corrected chi connectivity index (χ3v) is 3.53. The lowest BCUT2D eigenvalue weighted by molar-refractivity contribution is -0.384. The van der Waals surface area contributed by atoms with E-state index >= 15 is 0 Å². The predicted molar refractivity (Wildman–Crippen MR) is 81.8 cm³/mol. The van der Waals surface area contributed by atoms with Crippen molar-refractivity contribution < 1.29 is 14.1 Å². The number of hydrogen-bond donors (Lipinski definition) is 2. The Hall–Kier alpha value is -1.70. The van der Waals surface area contributed by atoms with Crippen LogP contribution >= 0.6 is 15.9 Å².